The number of benzene rings is 3. The van der Waals surface area contributed by atoms with Crippen LogP contribution in [0.4, 0.5) is 5.69 Å². The number of methoxy groups -OCH3 is 2. The third-order valence-corrected chi connectivity index (χ3v) is 11.5. The number of hydrogen-bond donors (Lipinski definition) is 3. The summed E-state index contributed by atoms with van der Waals surface area (Å²) < 4.78 is 15.9. The van der Waals surface area contributed by atoms with E-state index in [-0.39, 0.29) is 17.2 Å². The highest BCUT2D eigenvalue weighted by Crippen LogP contribution is 2.40. The van der Waals surface area contributed by atoms with E-state index >= 15 is 0 Å². The Balaban J connectivity index is 1.03. The van der Waals surface area contributed by atoms with E-state index in [1.807, 2.05) is 49.7 Å². The van der Waals surface area contributed by atoms with Gasteiger partial charge in [0.2, 0.25) is 5.91 Å². The Morgan fingerprint density at radius 3 is 2.42 bits per heavy atom. The second kappa shape index (κ2) is 14.5. The van der Waals surface area contributed by atoms with Crippen LogP contribution in [0.15, 0.2) is 60.8 Å². The van der Waals surface area contributed by atoms with Gasteiger partial charge in [-0.1, -0.05) is 24.3 Å². The predicted octanol–water partition coefficient (Wildman–Crippen LogP) is 5.45. The maximum absolute atomic E-state index is 13.7. The zero-order chi connectivity index (χ0) is 38.6. The summed E-state index contributed by atoms with van der Waals surface area (Å²) in [6, 6.07) is 18.8. The van der Waals surface area contributed by atoms with Crippen molar-refractivity contribution in [3.05, 3.63) is 89.1 Å². The summed E-state index contributed by atoms with van der Waals surface area (Å²) in [5, 5.41) is 17.3. The molecular weight excluding hydrogens is 695 g/mol. The van der Waals surface area contributed by atoms with Gasteiger partial charge < -0.3 is 34.3 Å². The van der Waals surface area contributed by atoms with Gasteiger partial charge in [0.05, 0.1) is 48.2 Å². The van der Waals surface area contributed by atoms with Crippen LogP contribution in [0, 0.1) is 12.3 Å². The Kier molecular flexibility index (Phi) is 9.69. The minimum atomic E-state index is -0.418. The lowest BCUT2D eigenvalue weighted by Gasteiger charge is -2.47. The van der Waals surface area contributed by atoms with E-state index in [4.69, 9.17) is 14.5 Å². The van der Waals surface area contributed by atoms with Crippen LogP contribution in [0.3, 0.4) is 0 Å². The maximum Gasteiger partial charge on any atom is 0.291 e. The molecule has 3 aliphatic rings. The molecule has 2 fully saturated rings. The van der Waals surface area contributed by atoms with Crippen molar-refractivity contribution in [1.82, 2.24) is 29.2 Å². The molecule has 3 aromatic carbocycles. The van der Waals surface area contributed by atoms with Crippen LogP contribution in [-0.2, 0) is 31.4 Å². The van der Waals surface area contributed by atoms with Gasteiger partial charge in [-0.3, -0.25) is 19.4 Å². The summed E-state index contributed by atoms with van der Waals surface area (Å²) >= 11 is 0. The molecular formula is C43H51N7O5. The molecule has 1 atom stereocenters. The Morgan fingerprint density at radius 2 is 1.73 bits per heavy atom. The van der Waals surface area contributed by atoms with Crippen molar-refractivity contribution >= 4 is 28.4 Å². The van der Waals surface area contributed by atoms with Crippen LogP contribution in [0.2, 0.25) is 0 Å². The number of hydrogen-bond acceptors (Lipinski definition) is 8. The molecule has 1 saturated carbocycles. The molecule has 2 aliphatic heterocycles. The number of aromatic nitrogens is 3. The van der Waals surface area contributed by atoms with Crippen molar-refractivity contribution in [2.24, 2.45) is 12.5 Å². The van der Waals surface area contributed by atoms with Crippen LogP contribution in [0.5, 0.6) is 11.5 Å². The fraction of sp³-hybridized carbons (Fsp3) is 0.419. The summed E-state index contributed by atoms with van der Waals surface area (Å²) in [6.07, 6.45) is 4.59. The molecule has 288 valence electrons. The fourth-order valence-corrected chi connectivity index (χ4v) is 8.46. The van der Waals surface area contributed by atoms with Crippen molar-refractivity contribution in [1.29, 1.82) is 0 Å². The van der Waals surface area contributed by atoms with Crippen molar-refractivity contribution in [2.75, 3.05) is 45.7 Å². The zero-order valence-corrected chi connectivity index (χ0v) is 32.6. The van der Waals surface area contributed by atoms with Gasteiger partial charge in [0.1, 0.15) is 11.5 Å². The highest BCUT2D eigenvalue weighted by atomic mass is 16.5. The lowest BCUT2D eigenvalue weighted by molar-refractivity contribution is -0.140. The molecule has 5 aromatic rings. The highest BCUT2D eigenvalue weighted by Gasteiger charge is 2.46. The van der Waals surface area contributed by atoms with Gasteiger partial charge in [0.25, 0.3) is 5.91 Å². The van der Waals surface area contributed by atoms with Gasteiger partial charge in [-0.05, 0) is 68.5 Å². The molecule has 0 bridgehead atoms. The molecule has 4 heterocycles. The molecule has 0 spiro atoms. The Bertz CT molecular complexity index is 2260. The number of imidazole rings is 1. The van der Waals surface area contributed by atoms with Gasteiger partial charge >= 0.3 is 0 Å². The molecule has 12 heteroatoms. The van der Waals surface area contributed by atoms with Crippen LogP contribution < -0.4 is 20.1 Å². The number of nitrogens with one attached hydrogen (secondary N) is 2. The van der Waals surface area contributed by atoms with Crippen molar-refractivity contribution < 1.29 is 24.2 Å². The minimum absolute atomic E-state index is 0.149. The smallest absolute Gasteiger partial charge is 0.291 e. The summed E-state index contributed by atoms with van der Waals surface area (Å²) in [6.45, 7) is 9.87. The molecule has 8 rings (SSSR count). The van der Waals surface area contributed by atoms with Crippen LogP contribution in [-0.4, -0.2) is 93.4 Å². The second-order valence-electron chi connectivity index (χ2n) is 15.9. The van der Waals surface area contributed by atoms with E-state index in [2.05, 4.69) is 61.5 Å². The van der Waals surface area contributed by atoms with E-state index in [1.54, 1.807) is 21.1 Å². The first-order valence-electron chi connectivity index (χ1n) is 19.2. The first-order valence-corrected chi connectivity index (χ1v) is 19.2. The van der Waals surface area contributed by atoms with E-state index in [9.17, 15) is 14.7 Å². The van der Waals surface area contributed by atoms with Crippen LogP contribution in [0.1, 0.15) is 59.8 Å². The number of β-amino-alcohol motifs (C(OH)–C–C–N with tert-alkyl or cyclic N) is 1. The molecule has 3 N–H and O–H groups in total. The van der Waals surface area contributed by atoms with Crippen molar-refractivity contribution in [2.45, 2.75) is 65.3 Å². The molecule has 12 nitrogen and oxygen atoms in total. The number of amides is 2. The van der Waals surface area contributed by atoms with Gasteiger partial charge in [-0.2, -0.15) is 0 Å². The molecule has 55 heavy (non-hydrogen) atoms. The van der Waals surface area contributed by atoms with Gasteiger partial charge in [-0.15, -0.1) is 0 Å². The number of nitrogens with zero attached hydrogens (tertiary/aromatic N) is 5. The predicted molar refractivity (Wildman–Crippen MR) is 213 cm³/mol. The highest BCUT2D eigenvalue weighted by molar-refractivity contribution is 6.04. The van der Waals surface area contributed by atoms with Gasteiger partial charge in [0.15, 0.2) is 5.82 Å². The van der Waals surface area contributed by atoms with E-state index in [0.717, 1.165) is 93.2 Å². The van der Waals surface area contributed by atoms with E-state index < -0.39 is 6.10 Å². The fourth-order valence-electron chi connectivity index (χ4n) is 8.46. The Labute approximate surface area is 322 Å². The average Bonchev–Trinajstić information content (AvgIpc) is 3.76. The number of aliphatic hydroxyl groups is 1. The van der Waals surface area contributed by atoms with Crippen molar-refractivity contribution in [3.63, 3.8) is 0 Å². The molecule has 1 saturated heterocycles. The molecule has 0 unspecified atom stereocenters. The van der Waals surface area contributed by atoms with Crippen molar-refractivity contribution in [3.8, 4) is 28.3 Å². The van der Waals surface area contributed by atoms with Gasteiger partial charge in [-0.25, -0.2) is 4.98 Å². The summed E-state index contributed by atoms with van der Waals surface area (Å²) in [4.78, 5) is 35.7. The summed E-state index contributed by atoms with van der Waals surface area (Å²) in [5.74, 6) is 1.74. The first kappa shape index (κ1) is 36.8. The first-order chi connectivity index (χ1) is 26.5. The monoisotopic (exact) mass is 745 g/mol. The maximum atomic E-state index is 13.7. The van der Waals surface area contributed by atoms with E-state index in [1.165, 1.54) is 0 Å². The summed E-state index contributed by atoms with van der Waals surface area (Å²) in [7, 11) is 5.26. The normalized spacial score (nSPS) is 17.4. The number of carbonyl (C=O) groups excluding carboxylic acids is 2. The minimum Gasteiger partial charge on any atom is -0.496 e. The number of ether oxygens (including phenoxy) is 2. The SMILES string of the molecule is COc1cc(-n2ccc3c(-c4cccc(NC(=O)c5nc6c(n5C)CCN(C[C@@H](C)O)C6)c4C)cccc32)cc(OC)c1CN1CC(C)(C(=O)NC2CC2)C1. The standard InChI is InChI=1S/C43H51N7O5/c1-26(51)21-48-17-16-37-35(23-48)45-40(47(37)4)41(52)46-34-11-7-9-30(27(34)2)31-10-8-12-36-32(31)15-18-50(36)29-19-38(54-5)33(39(20-29)55-6)22-49-24-43(3,25-49)42(53)44-28-13-14-28/h7-12,15,18-20,26,28,51H,13-14,16-17,21-25H2,1-6H3,(H,44,53)(H,46,52)/t26-/m1/s1. The number of carbonyl (C=O) groups is 2. The topological polar surface area (TPSA) is 126 Å². The second-order valence-corrected chi connectivity index (χ2v) is 15.9. The number of likely N-dealkylation sites (tertiary alicyclic amines) is 1. The number of rotatable bonds is 12. The quantitative estimate of drug-likeness (QED) is 0.154. The molecule has 2 amide bonds. The van der Waals surface area contributed by atoms with Gasteiger partial charge in [0, 0.05) is 93.9 Å². The molecule has 2 aromatic heterocycles. The average molecular weight is 746 g/mol. The van der Waals surface area contributed by atoms with Crippen LogP contribution in [0.25, 0.3) is 27.7 Å². The lowest BCUT2D eigenvalue weighted by Crippen LogP contribution is -2.61. The largest absolute Gasteiger partial charge is 0.496 e. The molecule has 0 radical (unpaired) electrons. The molecule has 1 aliphatic carbocycles. The van der Waals surface area contributed by atoms with Crippen LogP contribution >= 0.6 is 0 Å². The lowest BCUT2D eigenvalue weighted by atomic mass is 9.80. The Hall–Kier alpha value is -5.17. The summed E-state index contributed by atoms with van der Waals surface area (Å²) in [5.41, 5.74) is 8.21. The third-order valence-electron chi connectivity index (χ3n) is 11.5. The zero-order valence-electron chi connectivity index (χ0n) is 32.6. The third kappa shape index (κ3) is 6.98. The number of anilines is 1. The Morgan fingerprint density at radius 1 is 1.02 bits per heavy atom. The van der Waals surface area contributed by atoms with E-state index in [0.29, 0.717) is 44.6 Å². The number of fused-ring (bicyclic) bond motifs is 2. The number of aliphatic hydroxyl groups excluding tert-OH is 1.